The number of carbonyl (C=O) groups excluding carboxylic acids is 2. The third kappa shape index (κ3) is 4.74. The van der Waals surface area contributed by atoms with Crippen LogP contribution in [0.5, 0.6) is 0 Å². The lowest BCUT2D eigenvalue weighted by Crippen LogP contribution is -2.32. The van der Waals surface area contributed by atoms with Gasteiger partial charge >= 0.3 is 0 Å². The summed E-state index contributed by atoms with van der Waals surface area (Å²) >= 11 is 0. The van der Waals surface area contributed by atoms with Gasteiger partial charge in [0.15, 0.2) is 5.69 Å². The van der Waals surface area contributed by atoms with E-state index >= 15 is 0 Å². The van der Waals surface area contributed by atoms with Gasteiger partial charge in [-0.3, -0.25) is 14.3 Å². The van der Waals surface area contributed by atoms with Crippen molar-refractivity contribution in [1.82, 2.24) is 20.4 Å². The van der Waals surface area contributed by atoms with Gasteiger partial charge in [0.2, 0.25) is 0 Å². The van der Waals surface area contributed by atoms with Crippen LogP contribution in [0.2, 0.25) is 0 Å². The summed E-state index contributed by atoms with van der Waals surface area (Å²) in [6.45, 7) is 7.61. The molecule has 1 aromatic heterocycles. The number of benzene rings is 1. The van der Waals surface area contributed by atoms with Crippen LogP contribution in [0.25, 0.3) is 0 Å². The third-order valence-corrected chi connectivity index (χ3v) is 4.65. The van der Waals surface area contributed by atoms with E-state index in [0.717, 1.165) is 31.5 Å². The molecule has 7 heteroatoms. The van der Waals surface area contributed by atoms with Crippen molar-refractivity contribution in [2.75, 3.05) is 18.4 Å². The van der Waals surface area contributed by atoms with Gasteiger partial charge < -0.3 is 16.0 Å². The fourth-order valence-electron chi connectivity index (χ4n) is 3.20. The van der Waals surface area contributed by atoms with E-state index in [9.17, 15) is 9.59 Å². The molecule has 7 nitrogen and oxygen atoms in total. The van der Waals surface area contributed by atoms with E-state index in [1.54, 1.807) is 18.2 Å². The number of rotatable bonds is 5. The molecule has 3 rings (SSSR count). The minimum absolute atomic E-state index is 0.0494. The molecule has 144 valence electrons. The molecular weight excluding hydrogens is 342 g/mol. The molecule has 1 saturated heterocycles. The second-order valence-electron chi connectivity index (χ2n) is 7.29. The maximum atomic E-state index is 12.6. The van der Waals surface area contributed by atoms with Crippen LogP contribution in [0.3, 0.4) is 0 Å². The Balaban J connectivity index is 1.70. The Morgan fingerprint density at radius 2 is 2.07 bits per heavy atom. The summed E-state index contributed by atoms with van der Waals surface area (Å²) < 4.78 is 1.86. The maximum Gasteiger partial charge on any atom is 0.276 e. The van der Waals surface area contributed by atoms with Gasteiger partial charge in [-0.2, -0.15) is 5.10 Å². The van der Waals surface area contributed by atoms with Crippen LogP contribution in [0.15, 0.2) is 30.5 Å². The third-order valence-electron chi connectivity index (χ3n) is 4.65. The Hall–Kier alpha value is -2.67. The van der Waals surface area contributed by atoms with Crippen molar-refractivity contribution < 1.29 is 9.59 Å². The Morgan fingerprint density at radius 3 is 2.78 bits per heavy atom. The smallest absolute Gasteiger partial charge is 0.276 e. The zero-order valence-corrected chi connectivity index (χ0v) is 16.1. The second-order valence-corrected chi connectivity index (χ2v) is 7.29. The molecule has 0 radical (unpaired) electrons. The van der Waals surface area contributed by atoms with Crippen molar-refractivity contribution in [3.05, 3.63) is 47.3 Å². The summed E-state index contributed by atoms with van der Waals surface area (Å²) in [6, 6.07) is 7.38. The van der Waals surface area contributed by atoms with Gasteiger partial charge in [0.05, 0.1) is 6.04 Å². The van der Waals surface area contributed by atoms with Crippen molar-refractivity contribution in [1.29, 1.82) is 0 Å². The summed E-state index contributed by atoms with van der Waals surface area (Å²) in [5.74, 6) is -0.427. The number of hydrogen-bond donors (Lipinski definition) is 3. The van der Waals surface area contributed by atoms with Crippen molar-refractivity contribution in [2.24, 2.45) is 0 Å². The van der Waals surface area contributed by atoms with E-state index in [2.05, 4.69) is 21.0 Å². The zero-order valence-electron chi connectivity index (χ0n) is 16.1. The normalized spacial score (nSPS) is 17.0. The molecule has 2 amide bonds. The van der Waals surface area contributed by atoms with Crippen LogP contribution < -0.4 is 16.0 Å². The molecular formula is C20H27N5O2. The molecule has 1 unspecified atom stereocenters. The summed E-state index contributed by atoms with van der Waals surface area (Å²) in [5, 5.41) is 13.5. The molecule has 0 bridgehead atoms. The van der Waals surface area contributed by atoms with Crippen LogP contribution in [0.1, 0.15) is 59.1 Å². The zero-order chi connectivity index (χ0) is 19.4. The summed E-state index contributed by atoms with van der Waals surface area (Å²) in [6.07, 6.45) is 4.02. The fourth-order valence-corrected chi connectivity index (χ4v) is 3.20. The molecule has 3 N–H and O–H groups in total. The van der Waals surface area contributed by atoms with Crippen LogP contribution in [-0.4, -0.2) is 40.7 Å². The molecule has 0 spiro atoms. The largest absolute Gasteiger partial charge is 0.350 e. The minimum atomic E-state index is -0.281. The van der Waals surface area contributed by atoms with Gasteiger partial charge in [-0.1, -0.05) is 6.07 Å². The molecule has 1 atom stereocenters. The molecule has 0 aliphatic carbocycles. The number of carbonyl (C=O) groups is 2. The lowest BCUT2D eigenvalue weighted by atomic mass is 10.1. The fraction of sp³-hybridized carbons (Fsp3) is 0.450. The summed E-state index contributed by atoms with van der Waals surface area (Å²) in [5.41, 5.74) is 2.36. The number of nitrogens with one attached hydrogen (secondary N) is 3. The lowest BCUT2D eigenvalue weighted by molar-refractivity contribution is 0.0941. The van der Waals surface area contributed by atoms with E-state index in [-0.39, 0.29) is 23.9 Å². The van der Waals surface area contributed by atoms with Gasteiger partial charge in [-0.25, -0.2) is 0 Å². The van der Waals surface area contributed by atoms with Gasteiger partial charge in [0.25, 0.3) is 11.8 Å². The van der Waals surface area contributed by atoms with Gasteiger partial charge in [0, 0.05) is 30.0 Å². The topological polar surface area (TPSA) is 88.1 Å². The Morgan fingerprint density at radius 1 is 1.26 bits per heavy atom. The summed E-state index contributed by atoms with van der Waals surface area (Å²) in [4.78, 5) is 24.9. The Bertz CT molecular complexity index is 822. The lowest BCUT2D eigenvalue weighted by Gasteiger charge is -2.22. The Kier molecular flexibility index (Phi) is 5.91. The first-order chi connectivity index (χ1) is 12.9. The van der Waals surface area contributed by atoms with Crippen LogP contribution in [-0.2, 0) is 0 Å². The Labute approximate surface area is 159 Å². The maximum absolute atomic E-state index is 12.6. The predicted octanol–water partition coefficient (Wildman–Crippen LogP) is 2.51. The van der Waals surface area contributed by atoms with Crippen LogP contribution >= 0.6 is 0 Å². The number of nitrogens with zero attached hydrogens (tertiary/aromatic N) is 2. The second kappa shape index (κ2) is 8.35. The monoisotopic (exact) mass is 369 g/mol. The highest BCUT2D eigenvalue weighted by atomic mass is 16.2. The SMILES string of the molecule is Cc1ccc(NC(=O)c2ccn(C3CCCNC3)n2)cc1C(=O)NC(C)C. The molecule has 27 heavy (non-hydrogen) atoms. The number of hydrogen-bond acceptors (Lipinski definition) is 4. The van der Waals surface area contributed by atoms with E-state index in [0.29, 0.717) is 16.9 Å². The van der Waals surface area contributed by atoms with Gasteiger partial charge in [0.1, 0.15) is 0 Å². The van der Waals surface area contributed by atoms with Crippen molar-refractivity contribution in [2.45, 2.75) is 45.7 Å². The first-order valence-corrected chi connectivity index (χ1v) is 9.43. The minimum Gasteiger partial charge on any atom is -0.350 e. The average molecular weight is 369 g/mol. The van der Waals surface area contributed by atoms with E-state index < -0.39 is 0 Å². The molecule has 0 saturated carbocycles. The molecule has 1 fully saturated rings. The number of piperidine rings is 1. The molecule has 1 aliphatic heterocycles. The first kappa shape index (κ1) is 19.1. The number of aryl methyl sites for hydroxylation is 1. The highest BCUT2D eigenvalue weighted by Crippen LogP contribution is 2.18. The van der Waals surface area contributed by atoms with E-state index in [4.69, 9.17) is 0 Å². The summed E-state index contributed by atoms with van der Waals surface area (Å²) in [7, 11) is 0. The van der Waals surface area contributed by atoms with Crippen molar-refractivity contribution in [3.8, 4) is 0 Å². The molecule has 2 aromatic rings. The van der Waals surface area contributed by atoms with Gasteiger partial charge in [-0.05, 0) is 63.9 Å². The van der Waals surface area contributed by atoms with E-state index in [1.165, 1.54) is 0 Å². The molecule has 2 heterocycles. The average Bonchev–Trinajstić information content (AvgIpc) is 3.14. The number of anilines is 1. The highest BCUT2D eigenvalue weighted by Gasteiger charge is 2.18. The van der Waals surface area contributed by atoms with Crippen LogP contribution in [0.4, 0.5) is 5.69 Å². The molecule has 1 aromatic carbocycles. The molecule has 1 aliphatic rings. The van der Waals surface area contributed by atoms with Crippen LogP contribution in [0, 0.1) is 6.92 Å². The quantitative estimate of drug-likeness (QED) is 0.756. The van der Waals surface area contributed by atoms with Crippen molar-refractivity contribution >= 4 is 17.5 Å². The number of aromatic nitrogens is 2. The predicted molar refractivity (Wildman–Crippen MR) is 105 cm³/mol. The highest BCUT2D eigenvalue weighted by molar-refractivity contribution is 6.04. The van der Waals surface area contributed by atoms with Crippen molar-refractivity contribution in [3.63, 3.8) is 0 Å². The first-order valence-electron chi connectivity index (χ1n) is 9.43. The van der Waals surface area contributed by atoms with E-state index in [1.807, 2.05) is 37.7 Å². The van der Waals surface area contributed by atoms with Gasteiger partial charge in [-0.15, -0.1) is 0 Å². The number of amides is 2. The standard InChI is InChI=1S/C20H27N5O2/c1-13(2)22-19(26)17-11-15(7-6-14(17)3)23-20(27)18-8-10-25(24-18)16-5-4-9-21-12-16/h6-8,10-11,13,16,21H,4-5,9,12H2,1-3H3,(H,22,26)(H,23,27).